The Kier molecular flexibility index (Phi) is 7.71. The van der Waals surface area contributed by atoms with Crippen LogP contribution in [0.15, 0.2) is 46.2 Å². The van der Waals surface area contributed by atoms with Crippen molar-refractivity contribution in [2.45, 2.75) is 32.6 Å². The molecule has 0 unspecified atom stereocenters. The predicted octanol–water partition coefficient (Wildman–Crippen LogP) is 4.45. The van der Waals surface area contributed by atoms with E-state index in [1.807, 2.05) is 37.3 Å². The number of carbonyl (C=O) groups excluding carboxylic acids is 1. The number of methoxy groups -OCH3 is 2. The number of thiocarbonyl (C=S) groups is 1. The monoisotopic (exact) mass is 550 g/mol. The Hall–Kier alpha value is -3.37. The molecule has 2 aromatic heterocycles. The van der Waals surface area contributed by atoms with Gasteiger partial charge in [-0.15, -0.1) is 0 Å². The maximum Gasteiger partial charge on any atom is 0.267 e. The minimum absolute atomic E-state index is 0.185. The van der Waals surface area contributed by atoms with E-state index in [1.54, 1.807) is 35.8 Å². The Labute approximate surface area is 231 Å². The normalized spacial score (nSPS) is 17.1. The number of pyridine rings is 1. The summed E-state index contributed by atoms with van der Waals surface area (Å²) in [5.74, 6) is 1.73. The van der Waals surface area contributed by atoms with Crippen LogP contribution >= 0.6 is 24.0 Å². The highest BCUT2D eigenvalue weighted by molar-refractivity contribution is 8.26. The van der Waals surface area contributed by atoms with Crippen LogP contribution in [0.3, 0.4) is 0 Å². The summed E-state index contributed by atoms with van der Waals surface area (Å²) in [4.78, 5) is 36.2. The van der Waals surface area contributed by atoms with E-state index < -0.39 is 0 Å². The lowest BCUT2D eigenvalue weighted by Crippen LogP contribution is -2.33. The van der Waals surface area contributed by atoms with Crippen LogP contribution in [0.4, 0.5) is 5.82 Å². The highest BCUT2D eigenvalue weighted by atomic mass is 32.2. The second kappa shape index (κ2) is 11.2. The zero-order valence-corrected chi connectivity index (χ0v) is 23.4. The number of aryl methyl sites for hydroxylation is 1. The molecule has 1 amide bonds. The maximum absolute atomic E-state index is 13.7. The largest absolute Gasteiger partial charge is 0.493 e. The second-order valence-corrected chi connectivity index (χ2v) is 11.1. The maximum atomic E-state index is 13.7. The van der Waals surface area contributed by atoms with Crippen molar-refractivity contribution in [3.05, 3.63) is 68.5 Å². The molecule has 198 valence electrons. The predicted molar refractivity (Wildman–Crippen MR) is 155 cm³/mol. The molecule has 5 rings (SSSR count). The lowest BCUT2D eigenvalue weighted by Gasteiger charge is -2.29. The SMILES string of the molecule is COc1ccc(CCN2C(=O)C(=Cc3c(N4CCCCC4)nc4ccc(C)cn4c3=O)SC2=S)cc1OC. The van der Waals surface area contributed by atoms with Crippen LogP contribution in [-0.2, 0) is 11.2 Å². The average Bonchev–Trinajstić information content (AvgIpc) is 3.20. The molecule has 2 aliphatic heterocycles. The van der Waals surface area contributed by atoms with Crippen molar-refractivity contribution in [1.29, 1.82) is 0 Å². The van der Waals surface area contributed by atoms with Crippen LogP contribution in [0, 0.1) is 6.92 Å². The summed E-state index contributed by atoms with van der Waals surface area (Å²) in [6.45, 7) is 4.03. The average molecular weight is 551 g/mol. The summed E-state index contributed by atoms with van der Waals surface area (Å²) in [5, 5.41) is 0. The zero-order valence-electron chi connectivity index (χ0n) is 21.7. The van der Waals surface area contributed by atoms with Gasteiger partial charge >= 0.3 is 0 Å². The van der Waals surface area contributed by atoms with Gasteiger partial charge in [0.15, 0.2) is 11.5 Å². The minimum Gasteiger partial charge on any atom is -0.493 e. The third-order valence-electron chi connectivity index (χ3n) is 6.86. The molecule has 2 aliphatic rings. The third kappa shape index (κ3) is 5.15. The number of thioether (sulfide) groups is 1. The van der Waals surface area contributed by atoms with Crippen molar-refractivity contribution in [2.24, 2.45) is 0 Å². The fraction of sp³-hybridized carbons (Fsp3) is 0.357. The number of fused-ring (bicyclic) bond motifs is 1. The molecule has 0 N–H and O–H groups in total. The molecule has 0 spiro atoms. The Bertz CT molecular complexity index is 1490. The number of piperidine rings is 1. The zero-order chi connectivity index (χ0) is 26.8. The summed E-state index contributed by atoms with van der Waals surface area (Å²) in [6, 6.07) is 9.51. The lowest BCUT2D eigenvalue weighted by atomic mass is 10.1. The number of benzene rings is 1. The van der Waals surface area contributed by atoms with Gasteiger partial charge in [-0.25, -0.2) is 4.98 Å². The first-order chi connectivity index (χ1) is 18.4. The molecule has 8 nitrogen and oxygen atoms in total. The molecule has 1 aromatic carbocycles. The topological polar surface area (TPSA) is 76.4 Å². The van der Waals surface area contributed by atoms with Gasteiger partial charge < -0.3 is 14.4 Å². The smallest absolute Gasteiger partial charge is 0.267 e. The van der Waals surface area contributed by atoms with Gasteiger partial charge in [-0.1, -0.05) is 36.1 Å². The van der Waals surface area contributed by atoms with Crippen molar-refractivity contribution >= 4 is 51.7 Å². The summed E-state index contributed by atoms with van der Waals surface area (Å²) in [6.07, 6.45) is 7.33. The van der Waals surface area contributed by atoms with Gasteiger partial charge in [0.1, 0.15) is 15.8 Å². The number of anilines is 1. The number of hydrogen-bond donors (Lipinski definition) is 0. The highest BCUT2D eigenvalue weighted by Crippen LogP contribution is 2.34. The van der Waals surface area contributed by atoms with E-state index in [-0.39, 0.29) is 11.5 Å². The van der Waals surface area contributed by atoms with Gasteiger partial charge in [0.2, 0.25) is 0 Å². The van der Waals surface area contributed by atoms with Crippen LogP contribution in [0.25, 0.3) is 11.7 Å². The van der Waals surface area contributed by atoms with E-state index in [0.29, 0.717) is 50.7 Å². The number of nitrogens with zero attached hydrogens (tertiary/aromatic N) is 4. The fourth-order valence-electron chi connectivity index (χ4n) is 4.82. The Morgan fingerprint density at radius 3 is 2.55 bits per heavy atom. The van der Waals surface area contributed by atoms with E-state index in [9.17, 15) is 9.59 Å². The van der Waals surface area contributed by atoms with Gasteiger partial charge in [0, 0.05) is 25.8 Å². The van der Waals surface area contributed by atoms with Gasteiger partial charge in [-0.3, -0.25) is 18.9 Å². The summed E-state index contributed by atoms with van der Waals surface area (Å²) in [5.41, 5.74) is 2.80. The third-order valence-corrected chi connectivity index (χ3v) is 8.24. The summed E-state index contributed by atoms with van der Waals surface area (Å²) < 4.78 is 12.8. The summed E-state index contributed by atoms with van der Waals surface area (Å²) >= 11 is 6.80. The van der Waals surface area contributed by atoms with Gasteiger partial charge in [-0.05, 0) is 68.0 Å². The van der Waals surface area contributed by atoms with E-state index in [4.69, 9.17) is 26.7 Å². The summed E-state index contributed by atoms with van der Waals surface area (Å²) in [7, 11) is 3.19. The molecule has 3 aromatic rings. The lowest BCUT2D eigenvalue weighted by molar-refractivity contribution is -0.122. The van der Waals surface area contributed by atoms with E-state index in [0.717, 1.165) is 43.5 Å². The molecule has 4 heterocycles. The first-order valence-electron chi connectivity index (χ1n) is 12.6. The van der Waals surface area contributed by atoms with E-state index >= 15 is 0 Å². The number of ether oxygens (including phenoxy) is 2. The molecule has 38 heavy (non-hydrogen) atoms. The van der Waals surface area contributed by atoms with Gasteiger partial charge in [0.25, 0.3) is 11.5 Å². The number of amides is 1. The van der Waals surface area contributed by atoms with Crippen LogP contribution in [-0.4, -0.2) is 58.4 Å². The first kappa shape index (κ1) is 26.2. The van der Waals surface area contributed by atoms with Crippen LogP contribution in [0.5, 0.6) is 11.5 Å². The number of carbonyl (C=O) groups is 1. The van der Waals surface area contributed by atoms with Crippen molar-refractivity contribution in [3.8, 4) is 11.5 Å². The Morgan fingerprint density at radius 2 is 1.82 bits per heavy atom. The van der Waals surface area contributed by atoms with Crippen LogP contribution < -0.4 is 19.9 Å². The minimum atomic E-state index is -0.196. The number of aromatic nitrogens is 2. The van der Waals surface area contributed by atoms with E-state index in [1.165, 1.54) is 11.8 Å². The molecule has 10 heteroatoms. The van der Waals surface area contributed by atoms with E-state index in [2.05, 4.69) is 4.90 Å². The Balaban J connectivity index is 1.46. The highest BCUT2D eigenvalue weighted by Gasteiger charge is 2.33. The molecule has 0 radical (unpaired) electrons. The van der Waals surface area contributed by atoms with Crippen LogP contribution in [0.1, 0.15) is 36.0 Å². The van der Waals surface area contributed by atoms with Crippen LogP contribution in [0.2, 0.25) is 0 Å². The molecule has 2 saturated heterocycles. The molecular weight excluding hydrogens is 520 g/mol. The molecule has 0 atom stereocenters. The standard InChI is InChI=1S/C28H30N4O4S2/c1-18-7-10-24-29-25(30-12-5-4-6-13-30)20(26(33)32(24)17-18)16-23-27(34)31(28(37)38-23)14-11-19-8-9-21(35-2)22(15-19)36-3/h7-10,15-17H,4-6,11-14H2,1-3H3. The first-order valence-corrected chi connectivity index (χ1v) is 13.9. The van der Waals surface area contributed by atoms with Gasteiger partial charge in [-0.2, -0.15) is 0 Å². The second-order valence-electron chi connectivity index (χ2n) is 9.41. The van der Waals surface area contributed by atoms with Crippen molar-refractivity contribution in [2.75, 3.05) is 38.8 Å². The molecular formula is C28H30N4O4S2. The Morgan fingerprint density at radius 1 is 1.05 bits per heavy atom. The van der Waals surface area contributed by atoms with Crippen molar-refractivity contribution < 1.29 is 14.3 Å². The molecule has 0 bridgehead atoms. The molecule has 0 saturated carbocycles. The van der Waals surface area contributed by atoms with Crippen molar-refractivity contribution in [1.82, 2.24) is 14.3 Å². The van der Waals surface area contributed by atoms with Crippen molar-refractivity contribution in [3.63, 3.8) is 0 Å². The number of hydrogen-bond acceptors (Lipinski definition) is 8. The quantitative estimate of drug-likeness (QED) is 0.316. The molecule has 0 aliphatic carbocycles. The number of rotatable bonds is 7. The fourth-order valence-corrected chi connectivity index (χ4v) is 6.11. The molecule has 2 fully saturated rings. The van der Waals surface area contributed by atoms with Gasteiger partial charge in [0.05, 0.1) is 24.7 Å².